The van der Waals surface area contributed by atoms with Crippen molar-refractivity contribution in [2.75, 3.05) is 153 Å². The lowest BCUT2D eigenvalue weighted by Gasteiger charge is -2.53. The summed E-state index contributed by atoms with van der Waals surface area (Å²) in [6, 6.07) is 35.8. The summed E-state index contributed by atoms with van der Waals surface area (Å²) in [5.74, 6) is 0. The minimum Gasteiger partial charge on any atom is -0.399 e. The quantitative estimate of drug-likeness (QED) is 0.0603. The van der Waals surface area contributed by atoms with E-state index in [0.717, 1.165) is 21.4 Å². The molecule has 0 N–H and O–H groups in total. The highest BCUT2D eigenvalue weighted by molar-refractivity contribution is 7.73. The van der Waals surface area contributed by atoms with Crippen LogP contribution in [0.3, 0.4) is 0 Å². The summed E-state index contributed by atoms with van der Waals surface area (Å²) in [6.45, 7) is -0.429. The second-order valence-electron chi connectivity index (χ2n) is 27.1. The Morgan fingerprint density at radius 3 is 0.743 bits per heavy atom. The third kappa shape index (κ3) is 18.3. The molecule has 0 aliphatic carbocycles. The van der Waals surface area contributed by atoms with E-state index in [1.54, 1.807) is 42.7 Å². The van der Waals surface area contributed by atoms with Crippen molar-refractivity contribution in [3.63, 3.8) is 0 Å². The fourth-order valence-electron chi connectivity index (χ4n) is 16.1. The number of methoxy groups -OCH3 is 16. The third-order valence-corrected chi connectivity index (χ3v) is 24.8. The van der Waals surface area contributed by atoms with Gasteiger partial charge in [0.05, 0.1) is 39.1 Å². The van der Waals surface area contributed by atoms with Gasteiger partial charge in [-0.3, -0.25) is 4.52 Å². The molecule has 12 bridgehead atoms. The zero-order valence-electron chi connectivity index (χ0n) is 64.5. The highest BCUT2D eigenvalue weighted by Crippen LogP contribution is 2.46. The second kappa shape index (κ2) is 40.6. The monoisotopic (exact) mass is 1580 g/mol. The first kappa shape index (κ1) is 84.4. The predicted molar refractivity (Wildman–Crippen MR) is 390 cm³/mol. The van der Waals surface area contributed by atoms with Crippen LogP contribution in [0.4, 0.5) is 0 Å². The number of hydrogen-bond donors (Lipinski definition) is 0. The van der Waals surface area contributed by atoms with Gasteiger partial charge in [0, 0.05) is 131 Å². The van der Waals surface area contributed by atoms with Crippen LogP contribution >= 0.6 is 16.2 Å². The normalized spacial score (nSPS) is 38.2. The highest BCUT2D eigenvalue weighted by Gasteiger charge is 2.62. The second-order valence-corrected chi connectivity index (χ2v) is 30.4. The van der Waals surface area contributed by atoms with Crippen LogP contribution in [0.1, 0.15) is 0 Å². The molecule has 109 heavy (non-hydrogen) atoms. The Bertz CT molecular complexity index is 3450. The van der Waals surface area contributed by atoms with Crippen LogP contribution in [0.2, 0.25) is 0 Å². The number of rotatable bonds is 27. The first-order chi connectivity index (χ1) is 53.3. The maximum absolute atomic E-state index is 7.59. The molecule has 0 spiro atoms. The molecule has 27 rings (SSSR count). The molecule has 5 aromatic rings. The molecule has 22 aliphatic heterocycles. The van der Waals surface area contributed by atoms with Crippen molar-refractivity contribution in [2.24, 2.45) is 0 Å². The largest absolute Gasteiger partial charge is 0.399 e. The molecule has 33 heteroatoms. The van der Waals surface area contributed by atoms with E-state index in [2.05, 4.69) is 24.3 Å². The standard InChI is InChI=1S/C76H108O31P2/c1-77-35-47-53-59(81-5)66(88-12)72(95-47)102-55-49(37-79-3)97-74(68(90-14)61(55)83-7)104-57-51(39-93-109-106-45-33-25-23-31-43(45)44-32-24-26-34-46(44)107-109)98-75(69(91-15)63(57)85-9)105-58-52(40-108(41-27-19-17-20-28-41)42-29-21-18-22-30-42)99-76(70(92-16)64(58)86-10)103-56-50(38-80-4)96-73(67(89-13)62(56)84-8)101-54-48(36-78-2)94-71(100-53)65(87-11)60(54)82-6/h17-34,47-76H,35-40H2,1-16H3/t47-,48-,49-,50-,51-,52-,53-,54-,55-,56-,57-,58-,59+,60+,61+,62+,63+,64+,65-,66-,67-,68-,69-,70-,71-,72-,73-,74-,75-,76-/m1/s1. The van der Waals surface area contributed by atoms with Crippen LogP contribution in [0.5, 0.6) is 0 Å². The van der Waals surface area contributed by atoms with Crippen LogP contribution in [0.25, 0.3) is 21.9 Å². The Morgan fingerprint density at radius 1 is 0.257 bits per heavy atom. The molecule has 22 aliphatic rings. The van der Waals surface area contributed by atoms with Gasteiger partial charge in [-0.05, 0) is 30.7 Å². The topological polar surface area (TPSA) is 294 Å². The molecule has 30 atom stereocenters. The third-order valence-electron chi connectivity index (χ3n) is 21.1. The van der Waals surface area contributed by atoms with E-state index >= 15 is 0 Å². The lowest BCUT2D eigenvalue weighted by Crippen LogP contribution is -2.70. The van der Waals surface area contributed by atoms with Gasteiger partial charge in [-0.2, -0.15) is 0 Å². The zero-order valence-corrected chi connectivity index (χ0v) is 66.3. The molecule has 0 unspecified atom stereocenters. The van der Waals surface area contributed by atoms with Crippen LogP contribution < -0.4 is 15.1 Å². The predicted octanol–water partition coefficient (Wildman–Crippen LogP) is 5.29. The van der Waals surface area contributed by atoms with Crippen LogP contribution in [0.15, 0.2) is 118 Å². The zero-order chi connectivity index (χ0) is 76.8. The minimum atomic E-state index is -2.22. The van der Waals surface area contributed by atoms with Crippen molar-refractivity contribution in [3.8, 4) is 0 Å². The molecule has 0 saturated carbocycles. The summed E-state index contributed by atoms with van der Waals surface area (Å²) in [4.78, 5) is 0. The summed E-state index contributed by atoms with van der Waals surface area (Å²) < 4.78 is 208. The summed E-state index contributed by atoms with van der Waals surface area (Å²) in [7, 11) is 21.1. The first-order valence-corrected chi connectivity index (χ1v) is 39.0. The molecule has 22 saturated heterocycles. The van der Waals surface area contributed by atoms with Gasteiger partial charge in [-0.25, -0.2) is 0 Å². The van der Waals surface area contributed by atoms with Crippen molar-refractivity contribution in [1.29, 1.82) is 0 Å². The average molecular weight is 1580 g/mol. The number of hydrogen-bond acceptors (Lipinski definition) is 31. The van der Waals surface area contributed by atoms with Crippen LogP contribution in [-0.2, 0) is 133 Å². The molecule has 23 heterocycles. The van der Waals surface area contributed by atoms with Gasteiger partial charge in [0.2, 0.25) is 0 Å². The van der Waals surface area contributed by atoms with E-state index in [1.807, 2.05) is 84.9 Å². The van der Waals surface area contributed by atoms with Gasteiger partial charge in [-0.1, -0.05) is 97.1 Å². The van der Waals surface area contributed by atoms with Gasteiger partial charge in [0.15, 0.2) is 37.7 Å². The molecule has 0 amide bonds. The maximum atomic E-state index is 7.59. The molecular formula is C76H108O31P2. The van der Waals surface area contributed by atoms with Crippen molar-refractivity contribution < 1.29 is 146 Å². The molecule has 4 aromatic carbocycles. The summed E-state index contributed by atoms with van der Waals surface area (Å²) in [5.41, 5.74) is 1.08. The SMILES string of the molecule is COC[C@H]1O[C@@H]2O[C@H]3[C@H](OC)[C@@H](OC)[C@@H](O[C@H]4[C@H](OC)[C@@H](OC)[C@@H](O[C@H]5[C@H](OC)[C@@H](OC)[C@@H](O[C@H]6[C@H](OC)[C@@H](OC)[C@@H](O[C@H]7[C@H](OC)[C@@H](OC)[C@@H](O[C@H]1[C@H](OC)[C@H]2OC)O[C@@H]7COC)O[C@@H]6COC)O[C@@H]5CP(c1ccccc1)c1ccccc1)O[C@@H]4COp1oc2ccccc2c2ccccc2o1)O[C@@H]3COC. The summed E-state index contributed by atoms with van der Waals surface area (Å²) >= 11 is 0. The first-order valence-electron chi connectivity index (χ1n) is 36.4. The van der Waals surface area contributed by atoms with Gasteiger partial charge >= 0.3 is 8.24 Å². The minimum absolute atomic E-state index is 0.0276. The van der Waals surface area contributed by atoms with Crippen molar-refractivity contribution in [3.05, 3.63) is 109 Å². The number of benzene rings is 4. The summed E-state index contributed by atoms with van der Waals surface area (Å²) in [6.07, 6.45) is -31.6. The molecular weight excluding hydrogens is 1470 g/mol. The number of ether oxygens (including phenoxy) is 28. The van der Waals surface area contributed by atoms with E-state index in [4.69, 9.17) is 146 Å². The Morgan fingerprint density at radius 2 is 0.486 bits per heavy atom. The highest BCUT2D eigenvalue weighted by atomic mass is 31.1. The fraction of sp³-hybridized carbons (Fsp3) is 0.684. The van der Waals surface area contributed by atoms with Crippen molar-refractivity contribution in [1.82, 2.24) is 0 Å². The molecule has 1 aromatic heterocycles. The van der Waals surface area contributed by atoms with Gasteiger partial charge < -0.3 is 141 Å². The maximum Gasteiger partial charge on any atom is 0.387 e. The Labute approximate surface area is 638 Å². The van der Waals surface area contributed by atoms with Gasteiger partial charge in [0.25, 0.3) is 0 Å². The van der Waals surface area contributed by atoms with Gasteiger partial charge in [-0.15, -0.1) is 0 Å². The fourth-order valence-corrected chi connectivity index (χ4v) is 19.6. The van der Waals surface area contributed by atoms with Crippen molar-refractivity contribution in [2.45, 2.75) is 184 Å². The van der Waals surface area contributed by atoms with Crippen LogP contribution in [0, 0.1) is 0 Å². The smallest absolute Gasteiger partial charge is 0.387 e. The lowest BCUT2D eigenvalue weighted by molar-refractivity contribution is -0.408. The molecule has 31 nitrogen and oxygen atoms in total. The Balaban J connectivity index is 1.00. The molecule has 0 radical (unpaired) electrons. The van der Waals surface area contributed by atoms with E-state index in [9.17, 15) is 0 Å². The van der Waals surface area contributed by atoms with E-state index in [0.29, 0.717) is 17.3 Å². The van der Waals surface area contributed by atoms with E-state index < -0.39 is 200 Å². The van der Waals surface area contributed by atoms with Crippen molar-refractivity contribution >= 4 is 48.7 Å². The van der Waals surface area contributed by atoms with Crippen LogP contribution in [-0.4, -0.2) is 337 Å². The lowest BCUT2D eigenvalue weighted by atomic mass is 9.94. The molecule has 22 fully saturated rings. The summed E-state index contributed by atoms with van der Waals surface area (Å²) in [5, 5.41) is 3.74. The number of fused-ring (bicyclic) bond motifs is 3. The van der Waals surface area contributed by atoms with E-state index in [-0.39, 0.29) is 33.0 Å². The molecule has 608 valence electrons. The Kier molecular flexibility index (Phi) is 31.4. The van der Waals surface area contributed by atoms with Gasteiger partial charge in [0.1, 0.15) is 152 Å². The van der Waals surface area contributed by atoms with E-state index in [1.165, 1.54) is 71.1 Å². The number of para-hydroxylation sites is 2. The average Bonchev–Trinajstić information content (AvgIpc) is 1.18. The Hall–Kier alpha value is -3.95.